The average Bonchev–Trinajstić information content (AvgIpc) is 2.65. The topological polar surface area (TPSA) is 96.0 Å². The molecule has 0 bridgehead atoms. The fourth-order valence-corrected chi connectivity index (χ4v) is 2.39. The minimum Gasteiger partial charge on any atom is -0.340 e. The number of aromatic nitrogens is 2. The van der Waals surface area contributed by atoms with Crippen LogP contribution in [-0.4, -0.2) is 21.8 Å². The van der Waals surface area contributed by atoms with Gasteiger partial charge < -0.3 is 16.0 Å². The van der Waals surface area contributed by atoms with Crippen molar-refractivity contribution >= 4 is 46.3 Å². The Labute approximate surface area is 160 Å². The number of halogens is 1. The van der Waals surface area contributed by atoms with E-state index in [1.54, 1.807) is 54.6 Å². The molecule has 0 unspecified atom stereocenters. The predicted octanol–water partition coefficient (Wildman–Crippen LogP) is 4.08. The molecule has 0 aliphatic heterocycles. The van der Waals surface area contributed by atoms with Gasteiger partial charge in [0.1, 0.15) is 17.8 Å². The van der Waals surface area contributed by atoms with Gasteiger partial charge >= 0.3 is 0 Å². The molecule has 1 aromatic heterocycles. The SMILES string of the molecule is CC(=O)Nc1ccc(Nc2cc(C(=O)Nc3ccc(Cl)cc3)ncn2)cc1. The van der Waals surface area contributed by atoms with Crippen molar-refractivity contribution in [2.45, 2.75) is 6.92 Å². The molecule has 0 aliphatic rings. The summed E-state index contributed by atoms with van der Waals surface area (Å²) in [7, 11) is 0. The van der Waals surface area contributed by atoms with Crippen LogP contribution in [0.1, 0.15) is 17.4 Å². The summed E-state index contributed by atoms with van der Waals surface area (Å²) in [6.07, 6.45) is 1.31. The fraction of sp³-hybridized carbons (Fsp3) is 0.0526. The van der Waals surface area contributed by atoms with Gasteiger partial charge in [0.05, 0.1) is 0 Å². The van der Waals surface area contributed by atoms with Crippen molar-refractivity contribution in [2.24, 2.45) is 0 Å². The van der Waals surface area contributed by atoms with Gasteiger partial charge in [0.25, 0.3) is 5.91 Å². The van der Waals surface area contributed by atoms with Gasteiger partial charge in [-0.2, -0.15) is 0 Å². The Balaban J connectivity index is 1.68. The number of carbonyl (C=O) groups is 2. The van der Waals surface area contributed by atoms with E-state index < -0.39 is 0 Å². The molecule has 7 nitrogen and oxygen atoms in total. The van der Waals surface area contributed by atoms with Crippen molar-refractivity contribution in [2.75, 3.05) is 16.0 Å². The molecule has 27 heavy (non-hydrogen) atoms. The molecule has 0 spiro atoms. The van der Waals surface area contributed by atoms with Crippen LogP contribution in [0.5, 0.6) is 0 Å². The molecule has 0 radical (unpaired) electrons. The van der Waals surface area contributed by atoms with E-state index in [-0.39, 0.29) is 17.5 Å². The van der Waals surface area contributed by atoms with E-state index in [0.717, 1.165) is 5.69 Å². The van der Waals surface area contributed by atoms with Crippen LogP contribution in [0.3, 0.4) is 0 Å². The van der Waals surface area contributed by atoms with Crippen molar-refractivity contribution in [1.29, 1.82) is 0 Å². The van der Waals surface area contributed by atoms with Crippen LogP contribution in [-0.2, 0) is 4.79 Å². The van der Waals surface area contributed by atoms with Crippen LogP contribution >= 0.6 is 11.6 Å². The van der Waals surface area contributed by atoms with Gasteiger partial charge in [0, 0.05) is 35.1 Å². The van der Waals surface area contributed by atoms with Gasteiger partial charge in [-0.15, -0.1) is 0 Å². The third kappa shape index (κ3) is 5.26. The van der Waals surface area contributed by atoms with Crippen molar-refractivity contribution in [3.05, 3.63) is 71.6 Å². The lowest BCUT2D eigenvalue weighted by Crippen LogP contribution is -2.14. The number of benzene rings is 2. The number of nitrogens with zero attached hydrogens (tertiary/aromatic N) is 2. The van der Waals surface area contributed by atoms with Gasteiger partial charge in [-0.25, -0.2) is 9.97 Å². The molecular formula is C19H16ClN5O2. The largest absolute Gasteiger partial charge is 0.340 e. The molecule has 0 atom stereocenters. The zero-order valence-corrected chi connectivity index (χ0v) is 15.1. The van der Waals surface area contributed by atoms with Crippen molar-refractivity contribution in [1.82, 2.24) is 9.97 Å². The Morgan fingerprint density at radius 1 is 0.852 bits per heavy atom. The molecule has 0 aliphatic carbocycles. The van der Waals surface area contributed by atoms with Gasteiger partial charge in [-0.3, -0.25) is 9.59 Å². The number of rotatable bonds is 5. The average molecular weight is 382 g/mol. The molecule has 0 saturated carbocycles. The molecule has 2 amide bonds. The first-order valence-corrected chi connectivity index (χ1v) is 8.41. The quantitative estimate of drug-likeness (QED) is 0.618. The molecule has 3 N–H and O–H groups in total. The first kappa shape index (κ1) is 18.3. The Hall–Kier alpha value is -3.45. The smallest absolute Gasteiger partial charge is 0.274 e. The maximum atomic E-state index is 12.3. The third-order valence-corrected chi connectivity index (χ3v) is 3.73. The third-order valence-electron chi connectivity index (χ3n) is 3.48. The Bertz CT molecular complexity index is 959. The molecule has 0 fully saturated rings. The van der Waals surface area contributed by atoms with Gasteiger partial charge in [0.15, 0.2) is 0 Å². The van der Waals surface area contributed by atoms with Crippen LogP contribution in [0.25, 0.3) is 0 Å². The molecule has 136 valence electrons. The van der Waals surface area contributed by atoms with Gasteiger partial charge in [0.2, 0.25) is 5.91 Å². The molecule has 3 rings (SSSR count). The first-order chi connectivity index (χ1) is 13.0. The second kappa shape index (κ2) is 8.29. The number of amides is 2. The number of carbonyl (C=O) groups excluding carboxylic acids is 2. The minimum absolute atomic E-state index is 0.136. The Kier molecular flexibility index (Phi) is 5.63. The molecule has 1 heterocycles. The van der Waals surface area contributed by atoms with Crippen LogP contribution in [0.2, 0.25) is 5.02 Å². The number of hydrogen-bond acceptors (Lipinski definition) is 5. The summed E-state index contributed by atoms with van der Waals surface area (Å²) in [6, 6.07) is 15.4. The standard InChI is InChI=1S/C19H16ClN5O2/c1-12(26)23-14-6-8-15(9-7-14)24-18-10-17(21-11-22-18)19(27)25-16-4-2-13(20)3-5-16/h2-11H,1H3,(H,23,26)(H,25,27)(H,21,22,24). The van der Waals surface area contributed by atoms with Gasteiger partial charge in [-0.1, -0.05) is 11.6 Å². The summed E-state index contributed by atoms with van der Waals surface area (Å²) in [5.74, 6) is -0.0230. The number of anilines is 4. The normalized spacial score (nSPS) is 10.1. The van der Waals surface area contributed by atoms with Crippen LogP contribution < -0.4 is 16.0 Å². The van der Waals surface area contributed by atoms with E-state index in [1.165, 1.54) is 13.3 Å². The Morgan fingerprint density at radius 2 is 1.44 bits per heavy atom. The van der Waals surface area contributed by atoms with Crippen molar-refractivity contribution in [3.8, 4) is 0 Å². The number of hydrogen-bond donors (Lipinski definition) is 3. The van der Waals surface area contributed by atoms with E-state index in [0.29, 0.717) is 22.2 Å². The summed E-state index contributed by atoms with van der Waals surface area (Å²) < 4.78 is 0. The maximum Gasteiger partial charge on any atom is 0.274 e. The second-order valence-corrected chi connectivity index (χ2v) is 6.07. The Morgan fingerprint density at radius 3 is 2.11 bits per heavy atom. The fourth-order valence-electron chi connectivity index (χ4n) is 2.27. The monoisotopic (exact) mass is 381 g/mol. The summed E-state index contributed by atoms with van der Waals surface area (Å²) in [4.78, 5) is 31.5. The lowest BCUT2D eigenvalue weighted by molar-refractivity contribution is -0.114. The van der Waals surface area contributed by atoms with E-state index >= 15 is 0 Å². The molecule has 0 saturated heterocycles. The summed E-state index contributed by atoms with van der Waals surface area (Å²) >= 11 is 5.84. The molecule has 8 heteroatoms. The van der Waals surface area contributed by atoms with Crippen LogP contribution in [0, 0.1) is 0 Å². The lowest BCUT2D eigenvalue weighted by Gasteiger charge is -2.09. The minimum atomic E-state index is -0.358. The summed E-state index contributed by atoms with van der Waals surface area (Å²) in [6.45, 7) is 1.45. The molecular weight excluding hydrogens is 366 g/mol. The molecule has 3 aromatic rings. The second-order valence-electron chi connectivity index (χ2n) is 5.63. The van der Waals surface area contributed by atoms with Gasteiger partial charge in [-0.05, 0) is 48.5 Å². The highest BCUT2D eigenvalue weighted by molar-refractivity contribution is 6.30. The van der Waals surface area contributed by atoms with Crippen molar-refractivity contribution in [3.63, 3.8) is 0 Å². The highest BCUT2D eigenvalue weighted by Gasteiger charge is 2.09. The zero-order chi connectivity index (χ0) is 19.2. The van der Waals surface area contributed by atoms with Crippen LogP contribution in [0.4, 0.5) is 22.9 Å². The summed E-state index contributed by atoms with van der Waals surface area (Å²) in [5.41, 5.74) is 2.29. The zero-order valence-electron chi connectivity index (χ0n) is 14.4. The first-order valence-electron chi connectivity index (χ1n) is 8.03. The van der Waals surface area contributed by atoms with Crippen LogP contribution in [0.15, 0.2) is 60.9 Å². The highest BCUT2D eigenvalue weighted by Crippen LogP contribution is 2.18. The van der Waals surface area contributed by atoms with E-state index in [2.05, 4.69) is 25.9 Å². The maximum absolute atomic E-state index is 12.3. The van der Waals surface area contributed by atoms with Crippen molar-refractivity contribution < 1.29 is 9.59 Å². The predicted molar refractivity (Wildman–Crippen MR) is 105 cm³/mol. The summed E-state index contributed by atoms with van der Waals surface area (Å²) in [5, 5.41) is 9.12. The number of nitrogens with one attached hydrogen (secondary N) is 3. The van der Waals surface area contributed by atoms with E-state index in [9.17, 15) is 9.59 Å². The van der Waals surface area contributed by atoms with E-state index in [4.69, 9.17) is 11.6 Å². The highest BCUT2D eigenvalue weighted by atomic mass is 35.5. The lowest BCUT2D eigenvalue weighted by atomic mass is 10.2. The molecule has 2 aromatic carbocycles. The van der Waals surface area contributed by atoms with E-state index in [1.807, 2.05) is 0 Å².